The Morgan fingerprint density at radius 1 is 1.21 bits per heavy atom. The van der Waals surface area contributed by atoms with Crippen molar-refractivity contribution < 1.29 is 19.1 Å². The molecule has 1 aromatic heterocycles. The first-order chi connectivity index (χ1) is 11.3. The van der Waals surface area contributed by atoms with E-state index in [1.54, 1.807) is 33.2 Å². The monoisotopic (exact) mass is 332 g/mol. The molecule has 1 aromatic carbocycles. The van der Waals surface area contributed by atoms with Crippen LogP contribution in [0.25, 0.3) is 0 Å². The molecule has 0 saturated heterocycles. The number of benzene rings is 1. The van der Waals surface area contributed by atoms with Crippen LogP contribution >= 0.6 is 0 Å². The smallest absolute Gasteiger partial charge is 0.354 e. The van der Waals surface area contributed by atoms with Crippen LogP contribution in [0.4, 0.5) is 10.3 Å². The Morgan fingerprint density at radius 3 is 2.46 bits per heavy atom. The maximum Gasteiger partial charge on any atom is 0.354 e. The minimum absolute atomic E-state index is 0.0510. The second-order valence-electron chi connectivity index (χ2n) is 5.40. The third-order valence-electron chi connectivity index (χ3n) is 3.24. The first kappa shape index (κ1) is 17.3. The highest BCUT2D eigenvalue weighted by molar-refractivity contribution is 5.95. The van der Waals surface area contributed by atoms with E-state index in [-0.39, 0.29) is 29.7 Å². The molecule has 2 aromatic rings. The molecule has 0 aliphatic carbocycles. The molecule has 0 aliphatic rings. The van der Waals surface area contributed by atoms with Crippen molar-refractivity contribution in [1.82, 2.24) is 15.3 Å². The Kier molecular flexibility index (Phi) is 5.08. The molecule has 2 N–H and O–H groups in total. The van der Waals surface area contributed by atoms with Crippen molar-refractivity contribution in [3.05, 3.63) is 52.6 Å². The average Bonchev–Trinajstić information content (AvgIpc) is 2.55. The first-order valence-corrected chi connectivity index (χ1v) is 7.11. The molecule has 0 radical (unpaired) electrons. The number of nitrogens with one attached hydrogen (secondary N) is 1. The number of halogens is 1. The van der Waals surface area contributed by atoms with Gasteiger partial charge in [-0.1, -0.05) is 12.1 Å². The molecular formula is C16H17FN4O3. The molecule has 2 rings (SSSR count). The summed E-state index contributed by atoms with van der Waals surface area (Å²) >= 11 is 0. The predicted molar refractivity (Wildman–Crippen MR) is 85.6 cm³/mol. The summed E-state index contributed by atoms with van der Waals surface area (Å²) in [7, 11) is 3.29. The van der Waals surface area contributed by atoms with Gasteiger partial charge in [-0.2, -0.15) is 0 Å². The van der Waals surface area contributed by atoms with Crippen LogP contribution in [-0.2, 0) is 6.54 Å². The maximum atomic E-state index is 13.2. The summed E-state index contributed by atoms with van der Waals surface area (Å²) in [5.41, 5.74) is 0.885. The van der Waals surface area contributed by atoms with Crippen molar-refractivity contribution in [3.63, 3.8) is 0 Å². The molecule has 0 fully saturated rings. The number of rotatable bonds is 5. The van der Waals surface area contributed by atoms with Crippen LogP contribution in [-0.4, -0.2) is 41.0 Å². The lowest BCUT2D eigenvalue weighted by atomic mass is 10.1. The third-order valence-corrected chi connectivity index (χ3v) is 3.24. The van der Waals surface area contributed by atoms with E-state index in [9.17, 15) is 14.0 Å². The van der Waals surface area contributed by atoms with Crippen LogP contribution in [0.3, 0.4) is 0 Å². The lowest BCUT2D eigenvalue weighted by Crippen LogP contribution is -2.26. The van der Waals surface area contributed by atoms with Gasteiger partial charge in [0.25, 0.3) is 5.91 Å². The minimum Gasteiger partial charge on any atom is -0.477 e. The van der Waals surface area contributed by atoms with Gasteiger partial charge < -0.3 is 15.3 Å². The maximum absolute atomic E-state index is 13.2. The molecule has 0 unspecified atom stereocenters. The number of carboxylic acid groups (broad SMARTS) is 1. The van der Waals surface area contributed by atoms with Crippen molar-refractivity contribution in [1.29, 1.82) is 0 Å². The van der Waals surface area contributed by atoms with Gasteiger partial charge in [-0.05, 0) is 24.1 Å². The summed E-state index contributed by atoms with van der Waals surface area (Å²) in [6.07, 6.45) is 0. The average molecular weight is 332 g/mol. The van der Waals surface area contributed by atoms with Gasteiger partial charge >= 0.3 is 5.97 Å². The number of aromatic carboxylic acids is 1. The summed E-state index contributed by atoms with van der Waals surface area (Å²) < 4.78 is 13.2. The molecule has 0 aliphatic heterocycles. The summed E-state index contributed by atoms with van der Waals surface area (Å²) in [5.74, 6) is -1.98. The SMILES string of the molecule is Cc1cc(CNC(=O)c2cc(C(=O)O)nc(N(C)C)n2)ccc1F. The molecule has 0 atom stereocenters. The second kappa shape index (κ2) is 7.03. The summed E-state index contributed by atoms with van der Waals surface area (Å²) in [4.78, 5) is 32.7. The number of aromatic nitrogens is 2. The number of hydrogen-bond acceptors (Lipinski definition) is 5. The fraction of sp³-hybridized carbons (Fsp3) is 0.250. The largest absolute Gasteiger partial charge is 0.477 e. The highest BCUT2D eigenvalue weighted by Crippen LogP contribution is 2.11. The number of carboxylic acids is 1. The predicted octanol–water partition coefficient (Wildman–Crippen LogP) is 1.62. The van der Waals surface area contributed by atoms with Crippen LogP contribution in [0.1, 0.15) is 32.1 Å². The van der Waals surface area contributed by atoms with Gasteiger partial charge in [0, 0.05) is 26.7 Å². The van der Waals surface area contributed by atoms with E-state index in [2.05, 4.69) is 15.3 Å². The summed E-state index contributed by atoms with van der Waals surface area (Å²) in [5, 5.41) is 11.7. The van der Waals surface area contributed by atoms with Crippen LogP contribution in [0.15, 0.2) is 24.3 Å². The van der Waals surface area contributed by atoms with E-state index in [1.165, 1.54) is 11.0 Å². The van der Waals surface area contributed by atoms with Gasteiger partial charge in [0.2, 0.25) is 5.95 Å². The molecule has 8 heteroatoms. The molecule has 126 valence electrons. The number of carbonyl (C=O) groups is 2. The van der Waals surface area contributed by atoms with Crippen molar-refractivity contribution >= 4 is 17.8 Å². The third kappa shape index (κ3) is 4.03. The lowest BCUT2D eigenvalue weighted by molar-refractivity contribution is 0.0690. The van der Waals surface area contributed by atoms with Crippen LogP contribution in [0.5, 0.6) is 0 Å². The molecule has 24 heavy (non-hydrogen) atoms. The second-order valence-corrected chi connectivity index (χ2v) is 5.40. The highest BCUT2D eigenvalue weighted by Gasteiger charge is 2.16. The molecule has 1 heterocycles. The highest BCUT2D eigenvalue weighted by atomic mass is 19.1. The molecule has 1 amide bonds. The topological polar surface area (TPSA) is 95.4 Å². The Bertz CT molecular complexity index is 793. The standard InChI is InChI=1S/C16H17FN4O3/c1-9-6-10(4-5-11(9)17)8-18-14(22)12-7-13(15(23)24)20-16(19-12)21(2)3/h4-7H,8H2,1-3H3,(H,18,22)(H,23,24). The summed E-state index contributed by atoms with van der Waals surface area (Å²) in [6.45, 7) is 1.80. The van der Waals surface area contributed by atoms with Crippen molar-refractivity contribution in [2.45, 2.75) is 13.5 Å². The zero-order valence-electron chi connectivity index (χ0n) is 13.5. The quantitative estimate of drug-likeness (QED) is 0.864. The Hall–Kier alpha value is -3.03. The van der Waals surface area contributed by atoms with E-state index < -0.39 is 11.9 Å². The zero-order chi connectivity index (χ0) is 17.9. The first-order valence-electron chi connectivity index (χ1n) is 7.11. The van der Waals surface area contributed by atoms with Gasteiger partial charge in [-0.15, -0.1) is 0 Å². The van der Waals surface area contributed by atoms with Gasteiger partial charge in [0.15, 0.2) is 5.69 Å². The van der Waals surface area contributed by atoms with Crippen molar-refractivity contribution in [2.24, 2.45) is 0 Å². The van der Waals surface area contributed by atoms with E-state index in [4.69, 9.17) is 5.11 Å². The van der Waals surface area contributed by atoms with Gasteiger partial charge in [-0.3, -0.25) is 4.79 Å². The molecule has 0 bridgehead atoms. The molecule has 0 saturated carbocycles. The Morgan fingerprint density at radius 2 is 1.88 bits per heavy atom. The molecule has 7 nitrogen and oxygen atoms in total. The van der Waals surface area contributed by atoms with Gasteiger partial charge in [0.1, 0.15) is 11.5 Å². The Balaban J connectivity index is 2.19. The normalized spacial score (nSPS) is 10.3. The summed E-state index contributed by atoms with van der Waals surface area (Å²) in [6, 6.07) is 5.63. The minimum atomic E-state index is -1.25. The van der Waals surface area contributed by atoms with E-state index >= 15 is 0 Å². The van der Waals surface area contributed by atoms with Crippen molar-refractivity contribution in [3.8, 4) is 0 Å². The van der Waals surface area contributed by atoms with Crippen LogP contribution < -0.4 is 10.2 Å². The fourth-order valence-electron chi connectivity index (χ4n) is 1.95. The zero-order valence-corrected chi connectivity index (χ0v) is 13.5. The number of hydrogen-bond donors (Lipinski definition) is 2. The van der Waals surface area contributed by atoms with Crippen molar-refractivity contribution in [2.75, 3.05) is 19.0 Å². The van der Waals surface area contributed by atoms with Crippen LogP contribution in [0.2, 0.25) is 0 Å². The lowest BCUT2D eigenvalue weighted by Gasteiger charge is -2.12. The van der Waals surface area contributed by atoms with Gasteiger partial charge in [0.05, 0.1) is 0 Å². The van der Waals surface area contributed by atoms with E-state index in [0.29, 0.717) is 5.56 Å². The number of carbonyl (C=O) groups excluding carboxylic acids is 1. The van der Waals surface area contributed by atoms with E-state index in [1.807, 2.05) is 0 Å². The fourth-order valence-corrected chi connectivity index (χ4v) is 1.95. The number of nitrogens with zero attached hydrogens (tertiary/aromatic N) is 3. The molecule has 0 spiro atoms. The van der Waals surface area contributed by atoms with Crippen LogP contribution in [0, 0.1) is 12.7 Å². The van der Waals surface area contributed by atoms with E-state index in [0.717, 1.165) is 11.6 Å². The number of amides is 1. The number of anilines is 1. The number of aryl methyl sites for hydroxylation is 1. The Labute approximate surface area is 138 Å². The molecular weight excluding hydrogens is 315 g/mol. The van der Waals surface area contributed by atoms with Gasteiger partial charge in [-0.25, -0.2) is 19.2 Å².